The highest BCUT2D eigenvalue weighted by Gasteiger charge is 2.12. The highest BCUT2D eigenvalue weighted by Crippen LogP contribution is 2.18. The molecule has 0 aliphatic rings. The molecule has 0 saturated carbocycles. The van der Waals surface area contributed by atoms with Gasteiger partial charge in [-0.25, -0.2) is 14.4 Å². The number of benzene rings is 2. The molecule has 0 bridgehead atoms. The number of carbonyl (C=O) groups is 5. The Kier molecular flexibility index (Phi) is 11.7. The molecule has 0 aliphatic carbocycles. The van der Waals surface area contributed by atoms with Crippen molar-refractivity contribution in [2.75, 3.05) is 32.9 Å². The molecule has 0 saturated heterocycles. The minimum atomic E-state index is -0.746. The van der Waals surface area contributed by atoms with Gasteiger partial charge in [0, 0.05) is 29.3 Å². The number of hydrogen-bond donors (Lipinski definition) is 2. The summed E-state index contributed by atoms with van der Waals surface area (Å²) in [6.45, 7) is 7.19. The lowest BCUT2D eigenvalue weighted by molar-refractivity contribution is -0.137. The Hall–Kier alpha value is -4.77. The van der Waals surface area contributed by atoms with Crippen LogP contribution in [-0.2, 0) is 19.1 Å². The van der Waals surface area contributed by atoms with Crippen LogP contribution >= 0.6 is 0 Å². The SMILES string of the molecule is C=CC(=O)OCCNC(=O)Oc1ccc(C(=O)c2ccc(OC(=O)NCCOCC(=C)C=O)cc2)cc1. The van der Waals surface area contributed by atoms with Crippen LogP contribution in [0.4, 0.5) is 9.59 Å². The van der Waals surface area contributed by atoms with E-state index in [9.17, 15) is 24.0 Å². The van der Waals surface area contributed by atoms with E-state index in [2.05, 4.69) is 23.8 Å². The van der Waals surface area contributed by atoms with E-state index in [-0.39, 0.29) is 50.2 Å². The maximum Gasteiger partial charge on any atom is 0.412 e. The van der Waals surface area contributed by atoms with Crippen molar-refractivity contribution in [3.05, 3.63) is 84.5 Å². The van der Waals surface area contributed by atoms with Gasteiger partial charge in [-0.15, -0.1) is 0 Å². The maximum absolute atomic E-state index is 12.7. The molecule has 0 atom stereocenters. The van der Waals surface area contributed by atoms with Crippen LogP contribution in [0.15, 0.2) is 73.3 Å². The number of amides is 2. The van der Waals surface area contributed by atoms with Gasteiger partial charge in [0.2, 0.25) is 0 Å². The highest BCUT2D eigenvalue weighted by atomic mass is 16.6. The van der Waals surface area contributed by atoms with Gasteiger partial charge in [-0.3, -0.25) is 9.59 Å². The summed E-state index contributed by atoms with van der Waals surface area (Å²) >= 11 is 0. The Morgan fingerprint density at radius 3 is 1.73 bits per heavy atom. The first-order valence-corrected chi connectivity index (χ1v) is 11.0. The molecule has 2 aromatic carbocycles. The third kappa shape index (κ3) is 10.6. The van der Waals surface area contributed by atoms with Crippen molar-refractivity contribution in [3.8, 4) is 11.5 Å². The van der Waals surface area contributed by atoms with Gasteiger partial charge in [0.05, 0.1) is 19.8 Å². The summed E-state index contributed by atoms with van der Waals surface area (Å²) in [5.74, 6) is -0.435. The van der Waals surface area contributed by atoms with Crippen LogP contribution in [-0.4, -0.2) is 63.1 Å². The Balaban J connectivity index is 1.77. The summed E-state index contributed by atoms with van der Waals surface area (Å²) in [4.78, 5) is 57.7. The van der Waals surface area contributed by atoms with Crippen LogP contribution < -0.4 is 20.1 Å². The van der Waals surface area contributed by atoms with Gasteiger partial charge in [0.1, 0.15) is 24.4 Å². The third-order valence-corrected chi connectivity index (χ3v) is 4.41. The van der Waals surface area contributed by atoms with Crippen molar-refractivity contribution in [3.63, 3.8) is 0 Å². The van der Waals surface area contributed by atoms with Crippen molar-refractivity contribution in [2.24, 2.45) is 0 Å². The number of carbonyl (C=O) groups excluding carboxylic acids is 5. The molecular formula is C26H26N2O9. The first-order chi connectivity index (χ1) is 17.8. The van der Waals surface area contributed by atoms with E-state index in [0.717, 1.165) is 6.08 Å². The van der Waals surface area contributed by atoms with Gasteiger partial charge in [-0.2, -0.15) is 0 Å². The van der Waals surface area contributed by atoms with Gasteiger partial charge in [0.15, 0.2) is 5.78 Å². The number of rotatable bonds is 14. The quantitative estimate of drug-likeness (QED) is 0.129. The number of ketones is 1. The Morgan fingerprint density at radius 2 is 1.27 bits per heavy atom. The molecule has 194 valence electrons. The van der Waals surface area contributed by atoms with E-state index in [0.29, 0.717) is 23.0 Å². The smallest absolute Gasteiger partial charge is 0.412 e. The summed E-state index contributed by atoms with van der Waals surface area (Å²) in [6, 6.07) is 11.9. The average Bonchev–Trinajstić information content (AvgIpc) is 2.91. The molecule has 11 nitrogen and oxygen atoms in total. The fourth-order valence-corrected chi connectivity index (χ4v) is 2.63. The fraction of sp³-hybridized carbons (Fsp3) is 0.192. The lowest BCUT2D eigenvalue weighted by Gasteiger charge is -2.08. The predicted octanol–water partition coefficient (Wildman–Crippen LogP) is 2.60. The standard InChI is InChI=1S/C26H26N2O9/c1-3-23(30)35-15-13-28-26(33)37-22-10-6-20(7-11-22)24(31)19-4-8-21(9-5-19)36-25(32)27-12-14-34-17-18(2)16-29/h3-11,16H,1-2,12-15,17H2,(H,27,32)(H,28,33). The number of nitrogens with one attached hydrogen (secondary N) is 2. The molecule has 0 heterocycles. The monoisotopic (exact) mass is 510 g/mol. The zero-order valence-corrected chi connectivity index (χ0v) is 19.9. The number of hydrogen-bond acceptors (Lipinski definition) is 9. The zero-order chi connectivity index (χ0) is 27.0. The first kappa shape index (κ1) is 28.5. The van der Waals surface area contributed by atoms with Crippen molar-refractivity contribution >= 4 is 30.2 Å². The van der Waals surface area contributed by atoms with E-state index in [4.69, 9.17) is 18.9 Å². The molecule has 11 heteroatoms. The molecule has 2 amide bonds. The molecule has 2 aromatic rings. The van der Waals surface area contributed by atoms with E-state index >= 15 is 0 Å². The van der Waals surface area contributed by atoms with Gasteiger partial charge < -0.3 is 29.6 Å². The normalized spacial score (nSPS) is 9.95. The summed E-state index contributed by atoms with van der Waals surface area (Å²) < 4.78 is 20.1. The number of aldehydes is 1. The second-order valence-electron chi connectivity index (χ2n) is 7.21. The van der Waals surface area contributed by atoms with Crippen LogP contribution in [0.25, 0.3) is 0 Å². The molecule has 2 N–H and O–H groups in total. The van der Waals surface area contributed by atoms with E-state index in [1.54, 1.807) is 0 Å². The molecule has 0 aliphatic heterocycles. The first-order valence-electron chi connectivity index (χ1n) is 11.0. The van der Waals surface area contributed by atoms with Gasteiger partial charge >= 0.3 is 18.2 Å². The van der Waals surface area contributed by atoms with E-state index in [1.165, 1.54) is 48.5 Å². The molecule has 0 unspecified atom stereocenters. The Labute approximate surface area is 213 Å². The second-order valence-corrected chi connectivity index (χ2v) is 7.21. The number of ether oxygens (including phenoxy) is 4. The fourth-order valence-electron chi connectivity index (χ4n) is 2.63. The topological polar surface area (TPSA) is 146 Å². The van der Waals surface area contributed by atoms with Gasteiger partial charge in [0.25, 0.3) is 0 Å². The molecular weight excluding hydrogens is 484 g/mol. The summed E-state index contributed by atoms with van der Waals surface area (Å²) in [7, 11) is 0. The van der Waals surface area contributed by atoms with Crippen molar-refractivity contribution in [2.45, 2.75) is 0 Å². The van der Waals surface area contributed by atoms with Crippen LogP contribution in [0.3, 0.4) is 0 Å². The molecule has 37 heavy (non-hydrogen) atoms. The molecule has 0 aromatic heterocycles. The highest BCUT2D eigenvalue weighted by molar-refractivity contribution is 6.09. The van der Waals surface area contributed by atoms with E-state index < -0.39 is 18.2 Å². The third-order valence-electron chi connectivity index (χ3n) is 4.41. The summed E-state index contributed by atoms with van der Waals surface area (Å²) in [5.41, 5.74) is 1.01. The minimum Gasteiger partial charge on any atom is -0.461 e. The average molecular weight is 510 g/mol. The summed E-state index contributed by atoms with van der Waals surface area (Å²) in [5, 5.41) is 4.91. The predicted molar refractivity (Wildman–Crippen MR) is 132 cm³/mol. The molecule has 0 spiro atoms. The Bertz CT molecular complexity index is 1130. The second kappa shape index (κ2) is 15.3. The van der Waals surface area contributed by atoms with Crippen LogP contribution in [0.2, 0.25) is 0 Å². The van der Waals surface area contributed by atoms with Gasteiger partial charge in [-0.05, 0) is 48.5 Å². The van der Waals surface area contributed by atoms with Crippen LogP contribution in [0.5, 0.6) is 11.5 Å². The van der Waals surface area contributed by atoms with Gasteiger partial charge in [-0.1, -0.05) is 13.2 Å². The maximum atomic E-state index is 12.7. The lowest BCUT2D eigenvalue weighted by atomic mass is 10.0. The van der Waals surface area contributed by atoms with Crippen molar-refractivity contribution < 1.29 is 42.9 Å². The Morgan fingerprint density at radius 1 is 0.784 bits per heavy atom. The molecule has 0 radical (unpaired) electrons. The zero-order valence-electron chi connectivity index (χ0n) is 19.9. The summed E-state index contributed by atoms with van der Waals surface area (Å²) in [6.07, 6.45) is 0.164. The molecule has 2 rings (SSSR count). The lowest BCUT2D eigenvalue weighted by Crippen LogP contribution is -2.30. The minimum absolute atomic E-state index is 0.0307. The van der Waals surface area contributed by atoms with Crippen molar-refractivity contribution in [1.82, 2.24) is 10.6 Å². The molecule has 0 fully saturated rings. The van der Waals surface area contributed by atoms with Crippen LogP contribution in [0.1, 0.15) is 15.9 Å². The van der Waals surface area contributed by atoms with Crippen molar-refractivity contribution in [1.29, 1.82) is 0 Å². The van der Waals surface area contributed by atoms with Crippen LogP contribution in [0, 0.1) is 0 Å². The largest absolute Gasteiger partial charge is 0.461 e. The van der Waals surface area contributed by atoms with E-state index in [1.807, 2.05) is 0 Å². The number of esters is 1.